The maximum absolute atomic E-state index is 11.7. The fourth-order valence-corrected chi connectivity index (χ4v) is 2.40. The number of nitrogens with zero attached hydrogens (tertiary/aromatic N) is 2. The largest absolute Gasteiger partial charge is 0.457 e. The second-order valence-corrected chi connectivity index (χ2v) is 5.12. The van der Waals surface area contributed by atoms with Crippen LogP contribution in [0.5, 0.6) is 0 Å². The van der Waals surface area contributed by atoms with Gasteiger partial charge in [0.25, 0.3) is 0 Å². The number of carbonyl (C=O) groups is 1. The van der Waals surface area contributed by atoms with Gasteiger partial charge in [0.1, 0.15) is 11.5 Å². The van der Waals surface area contributed by atoms with Crippen molar-refractivity contribution in [3.05, 3.63) is 70.7 Å². The van der Waals surface area contributed by atoms with Crippen molar-refractivity contribution in [1.82, 2.24) is 9.78 Å². The van der Waals surface area contributed by atoms with Crippen molar-refractivity contribution in [3.8, 4) is 5.69 Å². The van der Waals surface area contributed by atoms with Crippen LogP contribution in [0.15, 0.2) is 60.2 Å². The molecule has 0 fully saturated rings. The average molecular weight is 284 g/mol. The first-order valence-corrected chi connectivity index (χ1v) is 7.00. The highest BCUT2D eigenvalue weighted by atomic mass is 32.1. The lowest BCUT2D eigenvalue weighted by atomic mass is 10.2. The van der Waals surface area contributed by atoms with Crippen molar-refractivity contribution in [2.24, 2.45) is 0 Å². The molecule has 0 saturated carbocycles. The lowest BCUT2D eigenvalue weighted by Crippen LogP contribution is -2.03. The van der Waals surface area contributed by atoms with E-state index in [1.807, 2.05) is 48.0 Å². The van der Waals surface area contributed by atoms with E-state index in [0.717, 1.165) is 11.3 Å². The molecule has 0 aliphatic carbocycles. The highest BCUT2D eigenvalue weighted by Crippen LogP contribution is 2.13. The Morgan fingerprint density at radius 3 is 2.70 bits per heavy atom. The molecule has 100 valence electrons. The summed E-state index contributed by atoms with van der Waals surface area (Å²) in [6, 6.07) is 13.2. The lowest BCUT2D eigenvalue weighted by molar-refractivity contribution is 0.0478. The van der Waals surface area contributed by atoms with Gasteiger partial charge in [0.15, 0.2) is 0 Å². The molecule has 0 aliphatic rings. The van der Waals surface area contributed by atoms with Crippen molar-refractivity contribution in [2.45, 2.75) is 6.61 Å². The average Bonchev–Trinajstić information content (AvgIpc) is 3.18. The van der Waals surface area contributed by atoms with Gasteiger partial charge in [-0.25, -0.2) is 9.48 Å². The smallest absolute Gasteiger partial charge is 0.348 e. The number of carbonyl (C=O) groups excluding carboxylic acids is 1. The first kappa shape index (κ1) is 12.6. The summed E-state index contributed by atoms with van der Waals surface area (Å²) in [6.45, 7) is 0.274. The predicted molar refractivity (Wildman–Crippen MR) is 77.0 cm³/mol. The molecule has 3 aromatic rings. The maximum atomic E-state index is 11.7. The molecule has 0 spiro atoms. The zero-order valence-electron chi connectivity index (χ0n) is 10.6. The molecule has 1 aromatic carbocycles. The number of thiophene rings is 1. The SMILES string of the molecule is O=C(OCc1ccc(-n2cccn2)cc1)c1cccs1. The number of benzene rings is 1. The van der Waals surface area contributed by atoms with Crippen molar-refractivity contribution in [1.29, 1.82) is 0 Å². The molecule has 5 heteroatoms. The van der Waals surface area contributed by atoms with Gasteiger partial charge in [-0.1, -0.05) is 18.2 Å². The van der Waals surface area contributed by atoms with Crippen molar-refractivity contribution in [2.75, 3.05) is 0 Å². The molecule has 0 unspecified atom stereocenters. The van der Waals surface area contributed by atoms with Gasteiger partial charge in [-0.2, -0.15) is 5.10 Å². The Labute approximate surface area is 120 Å². The van der Waals surface area contributed by atoms with Crippen LogP contribution in [0.25, 0.3) is 5.69 Å². The summed E-state index contributed by atoms with van der Waals surface area (Å²) >= 11 is 1.38. The van der Waals surface area contributed by atoms with Gasteiger partial charge >= 0.3 is 5.97 Å². The van der Waals surface area contributed by atoms with Crippen LogP contribution in [0.3, 0.4) is 0 Å². The molecule has 3 rings (SSSR count). The fraction of sp³-hybridized carbons (Fsp3) is 0.0667. The van der Waals surface area contributed by atoms with Gasteiger partial charge in [-0.15, -0.1) is 11.3 Å². The first-order valence-electron chi connectivity index (χ1n) is 6.12. The van der Waals surface area contributed by atoms with Crippen LogP contribution >= 0.6 is 11.3 Å². The number of ether oxygens (including phenoxy) is 1. The topological polar surface area (TPSA) is 44.1 Å². The quantitative estimate of drug-likeness (QED) is 0.690. The Balaban J connectivity index is 1.63. The van der Waals surface area contributed by atoms with Gasteiger partial charge in [-0.3, -0.25) is 0 Å². The summed E-state index contributed by atoms with van der Waals surface area (Å²) < 4.78 is 7.03. The molecule has 20 heavy (non-hydrogen) atoms. The summed E-state index contributed by atoms with van der Waals surface area (Å²) in [5, 5.41) is 6.01. The minimum absolute atomic E-state index is 0.274. The van der Waals surface area contributed by atoms with Gasteiger partial charge in [0, 0.05) is 12.4 Å². The number of hydrogen-bond donors (Lipinski definition) is 0. The monoisotopic (exact) mass is 284 g/mol. The molecule has 0 bridgehead atoms. The molecule has 0 N–H and O–H groups in total. The predicted octanol–water partition coefficient (Wildman–Crippen LogP) is 3.29. The van der Waals surface area contributed by atoms with E-state index in [0.29, 0.717) is 4.88 Å². The lowest BCUT2D eigenvalue weighted by Gasteiger charge is -2.05. The molecule has 4 nitrogen and oxygen atoms in total. The highest BCUT2D eigenvalue weighted by molar-refractivity contribution is 7.11. The second-order valence-electron chi connectivity index (χ2n) is 4.17. The van der Waals surface area contributed by atoms with Crippen LogP contribution in [0.4, 0.5) is 0 Å². The molecule has 0 radical (unpaired) electrons. The maximum Gasteiger partial charge on any atom is 0.348 e. The second kappa shape index (κ2) is 5.71. The molecule has 2 heterocycles. The zero-order valence-corrected chi connectivity index (χ0v) is 11.4. The standard InChI is InChI=1S/C15H12N2O2S/c18-15(14-3-1-10-20-14)19-11-12-4-6-13(7-5-12)17-9-2-8-16-17/h1-10H,11H2. The highest BCUT2D eigenvalue weighted by Gasteiger charge is 2.07. The van der Waals surface area contributed by atoms with Crippen LogP contribution in [0.2, 0.25) is 0 Å². The van der Waals surface area contributed by atoms with Gasteiger partial charge in [0.2, 0.25) is 0 Å². The van der Waals surface area contributed by atoms with Gasteiger partial charge < -0.3 is 4.74 Å². The molecule has 0 atom stereocenters. The number of esters is 1. The minimum atomic E-state index is -0.281. The number of hydrogen-bond acceptors (Lipinski definition) is 4. The molecule has 0 saturated heterocycles. The molecular formula is C15H12N2O2S. The Kier molecular flexibility index (Phi) is 3.60. The summed E-state index contributed by atoms with van der Waals surface area (Å²) in [7, 11) is 0. The van der Waals surface area contributed by atoms with Crippen molar-refractivity contribution < 1.29 is 9.53 Å². The number of rotatable bonds is 4. The Bertz CT molecular complexity index is 673. The van der Waals surface area contributed by atoms with Crippen LogP contribution < -0.4 is 0 Å². The summed E-state index contributed by atoms with van der Waals surface area (Å²) in [5.74, 6) is -0.281. The van der Waals surface area contributed by atoms with E-state index in [-0.39, 0.29) is 12.6 Å². The van der Waals surface area contributed by atoms with E-state index in [4.69, 9.17) is 4.74 Å². The summed E-state index contributed by atoms with van der Waals surface area (Å²) in [4.78, 5) is 12.3. The molecule has 0 aliphatic heterocycles. The number of aromatic nitrogens is 2. The fourth-order valence-electron chi connectivity index (χ4n) is 1.78. The van der Waals surface area contributed by atoms with E-state index in [1.54, 1.807) is 16.9 Å². The summed E-state index contributed by atoms with van der Waals surface area (Å²) in [6.07, 6.45) is 3.61. The van der Waals surface area contributed by atoms with Crippen LogP contribution in [0.1, 0.15) is 15.2 Å². The normalized spacial score (nSPS) is 10.4. The van der Waals surface area contributed by atoms with Crippen LogP contribution in [-0.4, -0.2) is 15.7 Å². The minimum Gasteiger partial charge on any atom is -0.457 e. The van der Waals surface area contributed by atoms with Gasteiger partial charge in [0.05, 0.1) is 5.69 Å². The first-order chi connectivity index (χ1) is 9.83. The van der Waals surface area contributed by atoms with E-state index >= 15 is 0 Å². The summed E-state index contributed by atoms with van der Waals surface area (Å²) in [5.41, 5.74) is 1.93. The van der Waals surface area contributed by atoms with Crippen molar-refractivity contribution in [3.63, 3.8) is 0 Å². The Hall–Kier alpha value is -2.40. The third-order valence-corrected chi connectivity index (χ3v) is 3.65. The van der Waals surface area contributed by atoms with Crippen LogP contribution in [-0.2, 0) is 11.3 Å². The molecular weight excluding hydrogens is 272 g/mol. The van der Waals surface area contributed by atoms with E-state index < -0.39 is 0 Å². The molecule has 2 aromatic heterocycles. The van der Waals surface area contributed by atoms with Crippen molar-refractivity contribution >= 4 is 17.3 Å². The van der Waals surface area contributed by atoms with E-state index in [2.05, 4.69) is 5.10 Å². The van der Waals surface area contributed by atoms with E-state index in [9.17, 15) is 4.79 Å². The third kappa shape index (κ3) is 2.78. The zero-order chi connectivity index (χ0) is 13.8. The van der Waals surface area contributed by atoms with E-state index in [1.165, 1.54) is 11.3 Å². The Morgan fingerprint density at radius 2 is 2.05 bits per heavy atom. The third-order valence-electron chi connectivity index (χ3n) is 2.80. The molecule has 0 amide bonds. The Morgan fingerprint density at radius 1 is 1.20 bits per heavy atom. The van der Waals surface area contributed by atoms with Crippen LogP contribution in [0, 0.1) is 0 Å². The van der Waals surface area contributed by atoms with Gasteiger partial charge in [-0.05, 0) is 35.2 Å².